The second-order valence-corrected chi connectivity index (χ2v) is 7.43. The normalized spacial score (nSPS) is 18.5. The third-order valence-corrected chi connectivity index (χ3v) is 5.73. The van der Waals surface area contributed by atoms with Crippen molar-refractivity contribution < 1.29 is 14.4 Å². The molecule has 1 aromatic carbocycles. The Morgan fingerprint density at radius 1 is 1.11 bits per heavy atom. The zero-order valence-electron chi connectivity index (χ0n) is 15.1. The van der Waals surface area contributed by atoms with Crippen LogP contribution in [0.25, 0.3) is 0 Å². The number of rotatable bonds is 3. The van der Waals surface area contributed by atoms with Gasteiger partial charge in [0.05, 0.1) is 6.54 Å². The summed E-state index contributed by atoms with van der Waals surface area (Å²) in [7, 11) is 0. The highest BCUT2D eigenvalue weighted by Gasteiger charge is 2.52. The van der Waals surface area contributed by atoms with Crippen LogP contribution in [-0.2, 0) is 11.3 Å². The largest absolute Gasteiger partial charge is 0.338 e. The molecular formula is C20H19ClN4O3. The number of benzene rings is 1. The lowest BCUT2D eigenvalue weighted by molar-refractivity contribution is -0.133. The molecule has 0 atom stereocenters. The fraction of sp³-hybridized carbons (Fsp3) is 0.300. The van der Waals surface area contributed by atoms with Crippen molar-refractivity contribution in [1.82, 2.24) is 20.1 Å². The van der Waals surface area contributed by atoms with E-state index >= 15 is 0 Å². The van der Waals surface area contributed by atoms with Gasteiger partial charge in [-0.15, -0.1) is 0 Å². The van der Waals surface area contributed by atoms with Gasteiger partial charge in [-0.3, -0.25) is 19.5 Å². The van der Waals surface area contributed by atoms with Gasteiger partial charge in [-0.2, -0.15) is 0 Å². The quantitative estimate of drug-likeness (QED) is 0.805. The Morgan fingerprint density at radius 3 is 2.46 bits per heavy atom. The maximum absolute atomic E-state index is 13.0. The summed E-state index contributed by atoms with van der Waals surface area (Å²) in [5.41, 5.74) is 0.330. The Morgan fingerprint density at radius 2 is 1.79 bits per heavy atom. The van der Waals surface area contributed by atoms with Crippen LogP contribution in [0.1, 0.15) is 28.8 Å². The molecule has 2 fully saturated rings. The van der Waals surface area contributed by atoms with Crippen LogP contribution in [0, 0.1) is 0 Å². The Kier molecular flexibility index (Phi) is 4.77. The van der Waals surface area contributed by atoms with Crippen molar-refractivity contribution in [2.24, 2.45) is 0 Å². The van der Waals surface area contributed by atoms with E-state index in [4.69, 9.17) is 11.6 Å². The number of likely N-dealkylation sites (tertiary alicyclic amines) is 1. The van der Waals surface area contributed by atoms with Gasteiger partial charge in [0.1, 0.15) is 5.54 Å². The molecule has 3 heterocycles. The number of urea groups is 1. The van der Waals surface area contributed by atoms with Crippen LogP contribution in [0.5, 0.6) is 0 Å². The molecule has 0 aliphatic carbocycles. The first-order valence-electron chi connectivity index (χ1n) is 9.07. The van der Waals surface area contributed by atoms with Crippen molar-refractivity contribution in [3.8, 4) is 0 Å². The van der Waals surface area contributed by atoms with Gasteiger partial charge in [-0.25, -0.2) is 4.79 Å². The average Bonchev–Trinajstić information content (AvgIpc) is 2.94. The van der Waals surface area contributed by atoms with E-state index in [2.05, 4.69) is 10.3 Å². The van der Waals surface area contributed by atoms with E-state index in [1.165, 1.54) is 4.90 Å². The van der Waals surface area contributed by atoms with Crippen LogP contribution in [0.4, 0.5) is 4.79 Å². The summed E-state index contributed by atoms with van der Waals surface area (Å²) in [6.07, 6.45) is 3.92. The summed E-state index contributed by atoms with van der Waals surface area (Å²) in [6, 6.07) is 10.1. The van der Waals surface area contributed by atoms with Gasteiger partial charge >= 0.3 is 6.03 Å². The number of pyridine rings is 1. The Labute approximate surface area is 167 Å². The molecule has 28 heavy (non-hydrogen) atoms. The first-order valence-corrected chi connectivity index (χ1v) is 9.45. The van der Waals surface area contributed by atoms with Crippen molar-refractivity contribution >= 4 is 29.4 Å². The number of hydrogen-bond acceptors (Lipinski definition) is 4. The number of piperidine rings is 1. The minimum absolute atomic E-state index is 0.0954. The number of aromatic nitrogens is 1. The summed E-state index contributed by atoms with van der Waals surface area (Å²) in [4.78, 5) is 44.9. The van der Waals surface area contributed by atoms with E-state index in [9.17, 15) is 14.4 Å². The molecular weight excluding hydrogens is 380 g/mol. The third kappa shape index (κ3) is 3.22. The molecule has 144 valence electrons. The predicted octanol–water partition coefficient (Wildman–Crippen LogP) is 2.46. The molecule has 1 spiro atoms. The van der Waals surface area contributed by atoms with Crippen molar-refractivity contribution in [3.63, 3.8) is 0 Å². The van der Waals surface area contributed by atoms with E-state index in [1.807, 2.05) is 6.07 Å². The van der Waals surface area contributed by atoms with Gasteiger partial charge in [-0.1, -0.05) is 29.8 Å². The summed E-state index contributed by atoms with van der Waals surface area (Å²) in [6.45, 7) is 0.923. The van der Waals surface area contributed by atoms with E-state index < -0.39 is 11.6 Å². The minimum Gasteiger partial charge on any atom is -0.338 e. The van der Waals surface area contributed by atoms with Crippen molar-refractivity contribution in [1.29, 1.82) is 0 Å². The van der Waals surface area contributed by atoms with Gasteiger partial charge in [0.15, 0.2) is 0 Å². The number of nitrogens with one attached hydrogen (secondary N) is 1. The average molecular weight is 399 g/mol. The van der Waals surface area contributed by atoms with Gasteiger partial charge in [-0.05, 0) is 36.6 Å². The second kappa shape index (κ2) is 7.24. The van der Waals surface area contributed by atoms with Crippen molar-refractivity contribution in [3.05, 3.63) is 64.9 Å². The standard InChI is InChI=1S/C20H19ClN4O3/c21-16-4-2-1-3-15(16)13-25-18(27)20(23-19(25)28)7-11-24(12-8-20)17(26)14-5-9-22-10-6-14/h1-6,9-10H,7-8,11-13H2,(H,23,28). The fourth-order valence-electron chi connectivity index (χ4n) is 3.72. The van der Waals surface area contributed by atoms with Crippen molar-refractivity contribution in [2.45, 2.75) is 24.9 Å². The number of halogens is 1. The zero-order chi connectivity index (χ0) is 19.7. The SMILES string of the molecule is O=C(c1ccncc1)N1CCC2(CC1)NC(=O)N(Cc1ccccc1Cl)C2=O. The number of nitrogens with zero attached hydrogens (tertiary/aromatic N) is 3. The van der Waals surface area contributed by atoms with Crippen LogP contribution in [0.15, 0.2) is 48.8 Å². The fourth-order valence-corrected chi connectivity index (χ4v) is 3.92. The molecule has 0 radical (unpaired) electrons. The topological polar surface area (TPSA) is 82.6 Å². The van der Waals surface area contributed by atoms with Crippen LogP contribution < -0.4 is 5.32 Å². The number of amides is 4. The lowest BCUT2D eigenvalue weighted by atomic mass is 9.87. The molecule has 0 unspecified atom stereocenters. The smallest absolute Gasteiger partial charge is 0.325 e. The number of carbonyl (C=O) groups is 3. The molecule has 2 aromatic rings. The van der Waals surface area contributed by atoms with Crippen LogP contribution in [0.2, 0.25) is 5.02 Å². The highest BCUT2D eigenvalue weighted by atomic mass is 35.5. The minimum atomic E-state index is -0.951. The summed E-state index contributed by atoms with van der Waals surface area (Å²) < 4.78 is 0. The predicted molar refractivity (Wildman–Crippen MR) is 103 cm³/mol. The van der Waals surface area contributed by atoms with Gasteiger partial charge in [0.25, 0.3) is 11.8 Å². The highest BCUT2D eigenvalue weighted by Crippen LogP contribution is 2.31. The van der Waals surface area contributed by atoms with Crippen molar-refractivity contribution in [2.75, 3.05) is 13.1 Å². The van der Waals surface area contributed by atoms with E-state index in [0.717, 1.165) is 5.56 Å². The zero-order valence-corrected chi connectivity index (χ0v) is 15.9. The summed E-state index contributed by atoms with van der Waals surface area (Å²) in [5.74, 6) is -0.352. The molecule has 2 aliphatic heterocycles. The molecule has 1 aromatic heterocycles. The van der Waals surface area contributed by atoms with Gasteiger partial charge in [0, 0.05) is 36.1 Å². The molecule has 7 nitrogen and oxygen atoms in total. The van der Waals surface area contributed by atoms with E-state index in [1.54, 1.807) is 47.6 Å². The first-order chi connectivity index (χ1) is 13.5. The summed E-state index contributed by atoms with van der Waals surface area (Å²) >= 11 is 6.17. The third-order valence-electron chi connectivity index (χ3n) is 5.36. The molecule has 2 aliphatic rings. The number of carbonyl (C=O) groups excluding carboxylic acids is 3. The van der Waals surface area contributed by atoms with E-state index in [-0.39, 0.29) is 18.4 Å². The molecule has 1 N–H and O–H groups in total. The van der Waals surface area contributed by atoms with Crippen LogP contribution >= 0.6 is 11.6 Å². The second-order valence-electron chi connectivity index (χ2n) is 7.02. The Bertz CT molecular complexity index is 926. The van der Waals surface area contributed by atoms with E-state index in [0.29, 0.717) is 36.5 Å². The maximum Gasteiger partial charge on any atom is 0.325 e. The molecule has 4 amide bonds. The van der Waals surface area contributed by atoms with Crippen LogP contribution in [-0.4, -0.2) is 51.3 Å². The molecule has 2 saturated heterocycles. The molecule has 0 bridgehead atoms. The Balaban J connectivity index is 1.45. The lowest BCUT2D eigenvalue weighted by Crippen LogP contribution is -2.55. The first kappa shape index (κ1) is 18.4. The molecule has 0 saturated carbocycles. The number of imide groups is 1. The number of hydrogen-bond donors (Lipinski definition) is 1. The molecule has 4 rings (SSSR count). The maximum atomic E-state index is 13.0. The molecule has 8 heteroatoms. The highest BCUT2D eigenvalue weighted by molar-refractivity contribution is 6.31. The monoisotopic (exact) mass is 398 g/mol. The summed E-state index contributed by atoms with van der Waals surface area (Å²) in [5, 5.41) is 3.37. The van der Waals surface area contributed by atoms with Gasteiger partial charge in [0.2, 0.25) is 0 Å². The van der Waals surface area contributed by atoms with Crippen LogP contribution in [0.3, 0.4) is 0 Å². The van der Waals surface area contributed by atoms with Gasteiger partial charge < -0.3 is 10.2 Å². The lowest BCUT2D eigenvalue weighted by Gasteiger charge is -2.37. The Hall–Kier alpha value is -2.93.